The number of aliphatic hydroxyl groups excluding tert-OH is 2. The predicted molar refractivity (Wildman–Crippen MR) is 123 cm³/mol. The van der Waals surface area contributed by atoms with Crippen LogP contribution in [0.15, 0.2) is 11.1 Å². The summed E-state index contributed by atoms with van der Waals surface area (Å²) < 4.78 is 0. The highest BCUT2D eigenvalue weighted by Gasteiger charge is 2.63. The van der Waals surface area contributed by atoms with Crippen LogP contribution in [0, 0.1) is 28.6 Å². The second kappa shape index (κ2) is 7.82. The molecule has 178 valence electrons. The SMILES string of the molecule is C[C@H](CCCC(C)(C)O)[C@H]1CC[C@H]2C3=C(CC[C@]12C)[C@@]1(C)CC[C@H](O)C[C@]1(O)[C@@H](O)C3. The zero-order valence-electron chi connectivity index (χ0n) is 20.5. The molecule has 31 heavy (non-hydrogen) atoms. The van der Waals surface area contributed by atoms with Crippen LogP contribution in [0.1, 0.15) is 105 Å². The molecule has 0 aromatic rings. The summed E-state index contributed by atoms with van der Waals surface area (Å²) in [6.07, 6.45) is 8.79. The molecule has 2 saturated carbocycles. The van der Waals surface area contributed by atoms with Crippen LogP contribution < -0.4 is 0 Å². The van der Waals surface area contributed by atoms with E-state index in [0.29, 0.717) is 37.0 Å². The van der Waals surface area contributed by atoms with Gasteiger partial charge in [-0.15, -0.1) is 0 Å². The summed E-state index contributed by atoms with van der Waals surface area (Å²) in [6, 6.07) is 0. The topological polar surface area (TPSA) is 80.9 Å². The van der Waals surface area contributed by atoms with Crippen molar-refractivity contribution in [2.75, 3.05) is 0 Å². The van der Waals surface area contributed by atoms with E-state index in [-0.39, 0.29) is 5.41 Å². The molecule has 4 N–H and O–H groups in total. The van der Waals surface area contributed by atoms with Crippen LogP contribution in [-0.2, 0) is 0 Å². The lowest BCUT2D eigenvalue weighted by molar-refractivity contribution is -0.191. The van der Waals surface area contributed by atoms with Crippen LogP contribution >= 0.6 is 0 Å². The molecule has 4 aliphatic rings. The van der Waals surface area contributed by atoms with Crippen molar-refractivity contribution >= 4 is 0 Å². The lowest BCUT2D eigenvalue weighted by Crippen LogP contribution is -2.63. The van der Waals surface area contributed by atoms with Gasteiger partial charge in [0.05, 0.1) is 17.8 Å². The second-order valence-corrected chi connectivity index (χ2v) is 12.8. The molecule has 8 atom stereocenters. The third kappa shape index (κ3) is 3.74. The molecule has 0 aromatic carbocycles. The highest BCUT2D eigenvalue weighted by Crippen LogP contribution is 2.66. The number of rotatable bonds is 5. The summed E-state index contributed by atoms with van der Waals surface area (Å²) >= 11 is 0. The summed E-state index contributed by atoms with van der Waals surface area (Å²) in [5, 5.41) is 43.0. The summed E-state index contributed by atoms with van der Waals surface area (Å²) in [5.41, 5.74) is 0.967. The number of hydrogen-bond acceptors (Lipinski definition) is 4. The van der Waals surface area contributed by atoms with Gasteiger partial charge in [-0.05, 0) is 88.4 Å². The molecule has 0 amide bonds. The minimum atomic E-state index is -1.19. The maximum absolute atomic E-state index is 11.6. The predicted octanol–water partition coefficient (Wildman–Crippen LogP) is 4.73. The van der Waals surface area contributed by atoms with Crippen molar-refractivity contribution in [2.24, 2.45) is 28.6 Å². The molecule has 0 unspecified atom stereocenters. The zero-order valence-corrected chi connectivity index (χ0v) is 20.5. The maximum Gasteiger partial charge on any atom is 0.102 e. The fraction of sp³-hybridized carbons (Fsp3) is 0.926. The normalized spacial score (nSPS) is 46.4. The van der Waals surface area contributed by atoms with Gasteiger partial charge < -0.3 is 20.4 Å². The molecule has 0 saturated heterocycles. The molecule has 0 aliphatic heterocycles. The third-order valence-electron chi connectivity index (χ3n) is 10.4. The van der Waals surface area contributed by atoms with Crippen LogP contribution in [-0.4, -0.2) is 43.8 Å². The smallest absolute Gasteiger partial charge is 0.102 e. The summed E-state index contributed by atoms with van der Waals surface area (Å²) in [4.78, 5) is 0. The Hall–Kier alpha value is -0.420. The van der Waals surface area contributed by atoms with E-state index in [1.165, 1.54) is 36.8 Å². The first-order chi connectivity index (χ1) is 14.3. The largest absolute Gasteiger partial charge is 0.393 e. The van der Waals surface area contributed by atoms with Gasteiger partial charge in [0.1, 0.15) is 5.60 Å². The van der Waals surface area contributed by atoms with E-state index in [2.05, 4.69) is 20.8 Å². The molecule has 4 nitrogen and oxygen atoms in total. The van der Waals surface area contributed by atoms with Gasteiger partial charge in [0, 0.05) is 11.8 Å². The van der Waals surface area contributed by atoms with E-state index in [4.69, 9.17) is 0 Å². The van der Waals surface area contributed by atoms with Crippen LogP contribution in [0.2, 0.25) is 0 Å². The van der Waals surface area contributed by atoms with Crippen molar-refractivity contribution in [3.05, 3.63) is 11.1 Å². The van der Waals surface area contributed by atoms with Crippen LogP contribution in [0.25, 0.3) is 0 Å². The summed E-state index contributed by atoms with van der Waals surface area (Å²) in [7, 11) is 0. The molecule has 0 heterocycles. The first kappa shape index (κ1) is 23.7. The van der Waals surface area contributed by atoms with E-state index < -0.39 is 28.8 Å². The molecule has 0 spiro atoms. The molecule has 4 rings (SSSR count). The molecule has 0 bridgehead atoms. The summed E-state index contributed by atoms with van der Waals surface area (Å²) in [6.45, 7) is 10.9. The molecule has 2 fully saturated rings. The third-order valence-corrected chi connectivity index (χ3v) is 10.4. The standard InChI is InChI=1S/C27H46O4/c1-17(7-6-12-24(2,3)30)20-8-9-21-19-15-23(29)27(31)16-18(28)10-14-26(27,5)22(19)11-13-25(20,21)4/h17-18,20-21,23,28-31H,6-16H2,1-5H3/t17-,18+,20-,21+,23+,25-,26-,27+/m1/s1. The van der Waals surface area contributed by atoms with Crippen LogP contribution in [0.5, 0.6) is 0 Å². The van der Waals surface area contributed by atoms with Crippen LogP contribution in [0.4, 0.5) is 0 Å². The van der Waals surface area contributed by atoms with Crippen molar-refractivity contribution in [1.82, 2.24) is 0 Å². The molecule has 4 aliphatic carbocycles. The number of aliphatic hydroxyl groups is 4. The zero-order chi connectivity index (χ0) is 22.8. The van der Waals surface area contributed by atoms with E-state index in [1.54, 1.807) is 0 Å². The molecular weight excluding hydrogens is 388 g/mol. The molecule has 0 radical (unpaired) electrons. The Morgan fingerprint density at radius 2 is 1.81 bits per heavy atom. The van der Waals surface area contributed by atoms with Gasteiger partial charge in [-0.3, -0.25) is 0 Å². The van der Waals surface area contributed by atoms with Gasteiger partial charge in [0.15, 0.2) is 0 Å². The monoisotopic (exact) mass is 434 g/mol. The van der Waals surface area contributed by atoms with Gasteiger partial charge in [0.2, 0.25) is 0 Å². The Bertz CT molecular complexity index is 723. The molecule has 0 aromatic heterocycles. The Labute approximate surface area is 189 Å². The van der Waals surface area contributed by atoms with Crippen molar-refractivity contribution in [3.63, 3.8) is 0 Å². The van der Waals surface area contributed by atoms with Crippen molar-refractivity contribution in [1.29, 1.82) is 0 Å². The quantitative estimate of drug-likeness (QED) is 0.472. The average Bonchev–Trinajstić information content (AvgIpc) is 3.01. The van der Waals surface area contributed by atoms with Gasteiger partial charge >= 0.3 is 0 Å². The van der Waals surface area contributed by atoms with Crippen molar-refractivity contribution < 1.29 is 20.4 Å². The highest BCUT2D eigenvalue weighted by atomic mass is 16.3. The Kier molecular flexibility index (Phi) is 5.99. The van der Waals surface area contributed by atoms with Gasteiger partial charge in [-0.25, -0.2) is 0 Å². The van der Waals surface area contributed by atoms with Gasteiger partial charge in [-0.1, -0.05) is 44.8 Å². The molecular formula is C27H46O4. The first-order valence-electron chi connectivity index (χ1n) is 12.8. The summed E-state index contributed by atoms with van der Waals surface area (Å²) in [5.74, 6) is 1.85. The number of hydrogen-bond donors (Lipinski definition) is 4. The maximum atomic E-state index is 11.6. The fourth-order valence-corrected chi connectivity index (χ4v) is 8.50. The minimum Gasteiger partial charge on any atom is -0.393 e. The average molecular weight is 435 g/mol. The lowest BCUT2D eigenvalue weighted by Gasteiger charge is -2.60. The fourth-order valence-electron chi connectivity index (χ4n) is 8.50. The Morgan fingerprint density at radius 1 is 1.10 bits per heavy atom. The Morgan fingerprint density at radius 3 is 2.48 bits per heavy atom. The van der Waals surface area contributed by atoms with Crippen molar-refractivity contribution in [2.45, 2.75) is 129 Å². The van der Waals surface area contributed by atoms with E-state index in [9.17, 15) is 20.4 Å². The number of fused-ring (bicyclic) bond motifs is 4. The van der Waals surface area contributed by atoms with E-state index >= 15 is 0 Å². The lowest BCUT2D eigenvalue weighted by atomic mass is 9.48. The second-order valence-electron chi connectivity index (χ2n) is 12.8. The first-order valence-corrected chi connectivity index (χ1v) is 12.8. The van der Waals surface area contributed by atoms with E-state index in [0.717, 1.165) is 25.7 Å². The van der Waals surface area contributed by atoms with Gasteiger partial charge in [-0.2, -0.15) is 0 Å². The minimum absolute atomic E-state index is 0.271. The van der Waals surface area contributed by atoms with E-state index in [1.807, 2.05) is 13.8 Å². The Balaban J connectivity index is 1.57. The van der Waals surface area contributed by atoms with Gasteiger partial charge in [0.25, 0.3) is 0 Å². The highest BCUT2D eigenvalue weighted by molar-refractivity contribution is 5.38. The molecule has 4 heteroatoms. The van der Waals surface area contributed by atoms with Crippen molar-refractivity contribution in [3.8, 4) is 0 Å². The van der Waals surface area contributed by atoms with Crippen LogP contribution in [0.3, 0.4) is 0 Å².